The van der Waals surface area contributed by atoms with Crippen LogP contribution in [0.15, 0.2) is 48.9 Å². The molecule has 3 N–H and O–H groups in total. The molecule has 4 atom stereocenters. The lowest BCUT2D eigenvalue weighted by atomic mass is 9.95. The van der Waals surface area contributed by atoms with Crippen LogP contribution in [-0.2, 0) is 10.5 Å². The Hall–Kier alpha value is -3.30. The second kappa shape index (κ2) is 11.2. The van der Waals surface area contributed by atoms with E-state index >= 15 is 0 Å². The summed E-state index contributed by atoms with van der Waals surface area (Å²) in [5, 5.41) is 37.0. The molecule has 200 valence electrons. The van der Waals surface area contributed by atoms with Crippen LogP contribution in [0.25, 0.3) is 16.9 Å². The Kier molecular flexibility index (Phi) is 7.76. The summed E-state index contributed by atoms with van der Waals surface area (Å²) in [5.74, 6) is -3.03. The minimum Gasteiger partial charge on any atom is -0.394 e. The van der Waals surface area contributed by atoms with E-state index in [1.807, 2.05) is 31.3 Å². The quantitative estimate of drug-likeness (QED) is 0.226. The van der Waals surface area contributed by atoms with Crippen LogP contribution in [0.2, 0.25) is 0 Å². The number of aliphatic hydroxyl groups is 2. The molecule has 3 heterocycles. The van der Waals surface area contributed by atoms with Crippen LogP contribution < -0.4 is 4.72 Å². The first kappa shape index (κ1) is 26.3. The van der Waals surface area contributed by atoms with Crippen molar-refractivity contribution < 1.29 is 28.1 Å². The molecule has 2 aromatic carbocycles. The van der Waals surface area contributed by atoms with Crippen LogP contribution in [0.5, 0.6) is 0 Å². The van der Waals surface area contributed by atoms with E-state index in [9.17, 15) is 23.4 Å². The van der Waals surface area contributed by atoms with Crippen molar-refractivity contribution >= 4 is 11.9 Å². The Balaban J connectivity index is 1.42. The van der Waals surface area contributed by atoms with Crippen LogP contribution in [0.4, 0.5) is 13.2 Å². The summed E-state index contributed by atoms with van der Waals surface area (Å²) in [5.41, 5.74) is 2.00. The fraction of sp³-hybridized carbons (Fsp3) is 0.333. The highest BCUT2D eigenvalue weighted by atomic mass is 32.2. The molecule has 10 nitrogen and oxygen atoms in total. The van der Waals surface area contributed by atoms with Gasteiger partial charge in [0.2, 0.25) is 0 Å². The number of rotatable bonds is 8. The molecule has 2 aromatic heterocycles. The topological polar surface area (TPSA) is 123 Å². The molecule has 0 bridgehead atoms. The molecule has 1 aliphatic heterocycles. The normalized spacial score (nSPS) is 21.6. The lowest BCUT2D eigenvalue weighted by molar-refractivity contribution is -0.161. The van der Waals surface area contributed by atoms with Gasteiger partial charge in [-0.1, -0.05) is 29.3 Å². The summed E-state index contributed by atoms with van der Waals surface area (Å²) < 4.78 is 53.0. The van der Waals surface area contributed by atoms with Crippen molar-refractivity contribution in [2.24, 2.45) is 0 Å². The maximum Gasteiger partial charge on any atom is 0.194 e. The van der Waals surface area contributed by atoms with Gasteiger partial charge in [-0.2, -0.15) is 0 Å². The SMILES string of the molecule is CNSCc1ccc(-n2cnnc2C2CC(n3cc(-c4cc(F)c(F)c(F)c4)nn3)C(O)C(CO)O2)cc1. The Morgan fingerprint density at radius 2 is 1.87 bits per heavy atom. The number of benzene rings is 2. The first-order valence-electron chi connectivity index (χ1n) is 11.7. The van der Waals surface area contributed by atoms with E-state index in [4.69, 9.17) is 4.74 Å². The fourth-order valence-electron chi connectivity index (χ4n) is 4.38. The zero-order valence-corrected chi connectivity index (χ0v) is 20.9. The molecule has 38 heavy (non-hydrogen) atoms. The van der Waals surface area contributed by atoms with Crippen molar-refractivity contribution in [1.82, 2.24) is 34.5 Å². The van der Waals surface area contributed by atoms with Crippen LogP contribution >= 0.6 is 11.9 Å². The summed E-state index contributed by atoms with van der Waals surface area (Å²) in [7, 11) is 1.86. The van der Waals surface area contributed by atoms with Gasteiger partial charge in [-0.15, -0.1) is 15.3 Å². The van der Waals surface area contributed by atoms with Crippen LogP contribution in [0, 0.1) is 17.5 Å². The molecule has 0 amide bonds. The van der Waals surface area contributed by atoms with E-state index in [1.54, 1.807) is 22.8 Å². The van der Waals surface area contributed by atoms with Crippen molar-refractivity contribution in [1.29, 1.82) is 0 Å². The monoisotopic (exact) mass is 547 g/mol. The lowest BCUT2D eigenvalue weighted by Crippen LogP contribution is -2.45. The van der Waals surface area contributed by atoms with E-state index in [1.165, 1.54) is 10.9 Å². The molecule has 0 saturated carbocycles. The van der Waals surface area contributed by atoms with Crippen molar-refractivity contribution in [3.05, 3.63) is 77.8 Å². The van der Waals surface area contributed by atoms with E-state index in [0.717, 1.165) is 29.1 Å². The smallest absolute Gasteiger partial charge is 0.194 e. The van der Waals surface area contributed by atoms with Crippen molar-refractivity contribution in [2.45, 2.75) is 36.5 Å². The van der Waals surface area contributed by atoms with Crippen LogP contribution in [-0.4, -0.2) is 65.8 Å². The van der Waals surface area contributed by atoms with Gasteiger partial charge in [0.15, 0.2) is 23.3 Å². The van der Waals surface area contributed by atoms with Crippen molar-refractivity contribution in [3.8, 4) is 16.9 Å². The number of hydrogen-bond donors (Lipinski definition) is 3. The number of aromatic nitrogens is 6. The Morgan fingerprint density at radius 3 is 2.55 bits per heavy atom. The predicted octanol–water partition coefficient (Wildman–Crippen LogP) is 2.74. The summed E-state index contributed by atoms with van der Waals surface area (Å²) in [4.78, 5) is 0. The highest BCUT2D eigenvalue weighted by molar-refractivity contribution is 7.96. The molecule has 1 saturated heterocycles. The van der Waals surface area contributed by atoms with E-state index in [2.05, 4.69) is 25.2 Å². The van der Waals surface area contributed by atoms with E-state index in [-0.39, 0.29) is 17.7 Å². The second-order valence-electron chi connectivity index (χ2n) is 8.70. The van der Waals surface area contributed by atoms with Gasteiger partial charge >= 0.3 is 0 Å². The standard InChI is InChI=1S/C24H24F3N7O3S/c1-28-38-11-13-2-4-15(5-3-13)33-12-29-31-24(33)20-8-19(23(36)21(10-35)37-20)34-9-18(30-32-34)14-6-16(25)22(27)17(26)7-14/h2-7,9,12,19-21,23,28,35-36H,8,10-11H2,1H3. The summed E-state index contributed by atoms with van der Waals surface area (Å²) in [6.45, 7) is -0.476. The molecular formula is C24H24F3N7O3S. The maximum atomic E-state index is 13.7. The first-order chi connectivity index (χ1) is 18.4. The van der Waals surface area contributed by atoms with E-state index in [0.29, 0.717) is 5.82 Å². The maximum absolute atomic E-state index is 13.7. The van der Waals surface area contributed by atoms with Gasteiger partial charge in [0.1, 0.15) is 30.3 Å². The minimum absolute atomic E-state index is 0.0132. The van der Waals surface area contributed by atoms with Crippen molar-refractivity contribution in [2.75, 3.05) is 13.7 Å². The van der Waals surface area contributed by atoms with Gasteiger partial charge in [0, 0.05) is 23.4 Å². The molecule has 5 rings (SSSR count). The van der Waals surface area contributed by atoms with Crippen LogP contribution in [0.3, 0.4) is 0 Å². The van der Waals surface area contributed by atoms with Crippen molar-refractivity contribution in [3.63, 3.8) is 0 Å². The van der Waals surface area contributed by atoms with Gasteiger partial charge < -0.3 is 14.9 Å². The zero-order valence-electron chi connectivity index (χ0n) is 20.1. The average molecular weight is 548 g/mol. The van der Waals surface area contributed by atoms with Crippen LogP contribution in [0.1, 0.15) is 30.0 Å². The number of aliphatic hydroxyl groups excluding tert-OH is 2. The van der Waals surface area contributed by atoms with Gasteiger partial charge in [0.25, 0.3) is 0 Å². The number of nitrogens with zero attached hydrogens (tertiary/aromatic N) is 6. The molecule has 0 aliphatic carbocycles. The van der Waals surface area contributed by atoms with Gasteiger partial charge in [0.05, 0.1) is 18.8 Å². The Labute approximate surface area is 219 Å². The molecule has 4 unspecified atom stereocenters. The molecule has 1 aliphatic rings. The lowest BCUT2D eigenvalue weighted by Gasteiger charge is -2.38. The summed E-state index contributed by atoms with van der Waals surface area (Å²) >= 11 is 1.58. The molecule has 0 spiro atoms. The second-order valence-corrected chi connectivity index (χ2v) is 9.68. The fourth-order valence-corrected chi connectivity index (χ4v) is 4.88. The highest BCUT2D eigenvalue weighted by Gasteiger charge is 2.41. The number of hydrogen-bond acceptors (Lipinski definition) is 9. The third-order valence-electron chi connectivity index (χ3n) is 6.34. The van der Waals surface area contributed by atoms with Gasteiger partial charge in [-0.25, -0.2) is 17.9 Å². The zero-order chi connectivity index (χ0) is 26.8. The Morgan fingerprint density at radius 1 is 1.13 bits per heavy atom. The van der Waals surface area contributed by atoms with E-state index < -0.39 is 48.4 Å². The predicted molar refractivity (Wildman–Crippen MR) is 131 cm³/mol. The summed E-state index contributed by atoms with van der Waals surface area (Å²) in [6, 6.07) is 8.76. The average Bonchev–Trinajstić information content (AvgIpc) is 3.61. The van der Waals surface area contributed by atoms with Gasteiger partial charge in [-0.3, -0.25) is 9.29 Å². The third kappa shape index (κ3) is 5.17. The third-order valence-corrected chi connectivity index (χ3v) is 7.11. The minimum atomic E-state index is -1.58. The molecule has 14 heteroatoms. The number of ether oxygens (including phenoxy) is 1. The molecule has 0 radical (unpaired) electrons. The molecule has 4 aromatic rings. The molecular weight excluding hydrogens is 523 g/mol. The number of nitrogens with one attached hydrogen (secondary N) is 1. The Bertz CT molecular complexity index is 1380. The first-order valence-corrected chi connectivity index (χ1v) is 12.7. The summed E-state index contributed by atoms with van der Waals surface area (Å²) in [6.07, 6.45) is 0.294. The number of halogens is 3. The van der Waals surface area contributed by atoms with Gasteiger partial charge in [-0.05, 0) is 36.9 Å². The molecule has 1 fully saturated rings. The highest BCUT2D eigenvalue weighted by Crippen LogP contribution is 2.38. The largest absolute Gasteiger partial charge is 0.394 e.